The van der Waals surface area contributed by atoms with E-state index in [2.05, 4.69) is 0 Å². The normalized spacial score (nSPS) is 12.6. The van der Waals surface area contributed by atoms with Crippen molar-refractivity contribution >= 4 is 5.69 Å². The highest BCUT2D eigenvalue weighted by Crippen LogP contribution is 2.25. The standard InChI is InChI=1S/C11H18N2O/c1-8-4-5-9(11(14)7-12)10(6-8)13(2)3/h4-6,11,14H,7,12H2,1-3H3. The zero-order valence-electron chi connectivity index (χ0n) is 8.99. The molecule has 0 aromatic heterocycles. The molecule has 0 radical (unpaired) electrons. The molecule has 3 N–H and O–H groups in total. The van der Waals surface area contributed by atoms with Gasteiger partial charge in [-0.2, -0.15) is 0 Å². The fourth-order valence-electron chi connectivity index (χ4n) is 1.45. The summed E-state index contributed by atoms with van der Waals surface area (Å²) in [4.78, 5) is 1.99. The van der Waals surface area contributed by atoms with E-state index in [4.69, 9.17) is 5.73 Å². The van der Waals surface area contributed by atoms with E-state index >= 15 is 0 Å². The van der Waals surface area contributed by atoms with Crippen molar-refractivity contribution in [3.63, 3.8) is 0 Å². The molecule has 0 spiro atoms. The van der Waals surface area contributed by atoms with E-state index < -0.39 is 6.10 Å². The molecule has 0 saturated heterocycles. The first-order chi connectivity index (χ1) is 6.56. The number of hydrogen-bond donors (Lipinski definition) is 2. The second kappa shape index (κ2) is 4.44. The molecule has 0 aliphatic carbocycles. The second-order valence-electron chi connectivity index (χ2n) is 3.71. The first kappa shape index (κ1) is 11.0. The second-order valence-corrected chi connectivity index (χ2v) is 3.71. The smallest absolute Gasteiger partial charge is 0.0932 e. The van der Waals surface area contributed by atoms with Crippen LogP contribution in [0.4, 0.5) is 5.69 Å². The number of hydrogen-bond acceptors (Lipinski definition) is 3. The predicted octanol–water partition coefficient (Wildman–Crippen LogP) is 1.05. The summed E-state index contributed by atoms with van der Waals surface area (Å²) in [6, 6.07) is 5.97. The molecule has 1 atom stereocenters. The van der Waals surface area contributed by atoms with Crippen LogP contribution in [0.5, 0.6) is 0 Å². The molecule has 3 heteroatoms. The number of anilines is 1. The third-order valence-corrected chi connectivity index (χ3v) is 2.25. The Bertz CT molecular complexity index is 310. The van der Waals surface area contributed by atoms with Gasteiger partial charge in [0.15, 0.2) is 0 Å². The molecule has 3 nitrogen and oxygen atoms in total. The van der Waals surface area contributed by atoms with Crippen LogP contribution >= 0.6 is 0 Å². The molecule has 1 aromatic rings. The van der Waals surface area contributed by atoms with Crippen molar-refractivity contribution in [2.75, 3.05) is 25.5 Å². The van der Waals surface area contributed by atoms with Gasteiger partial charge in [-0.1, -0.05) is 12.1 Å². The average Bonchev–Trinajstić information content (AvgIpc) is 2.16. The van der Waals surface area contributed by atoms with Crippen LogP contribution in [0.15, 0.2) is 18.2 Å². The van der Waals surface area contributed by atoms with Crippen molar-refractivity contribution < 1.29 is 5.11 Å². The molecule has 0 aliphatic rings. The summed E-state index contributed by atoms with van der Waals surface area (Å²) >= 11 is 0. The highest BCUT2D eigenvalue weighted by molar-refractivity contribution is 5.55. The quantitative estimate of drug-likeness (QED) is 0.756. The number of nitrogens with zero attached hydrogens (tertiary/aromatic N) is 1. The van der Waals surface area contributed by atoms with Gasteiger partial charge in [-0.05, 0) is 18.6 Å². The molecule has 78 valence electrons. The lowest BCUT2D eigenvalue weighted by Gasteiger charge is -2.20. The summed E-state index contributed by atoms with van der Waals surface area (Å²) in [6.07, 6.45) is -0.576. The summed E-state index contributed by atoms with van der Waals surface area (Å²) in [5.41, 5.74) is 8.55. The van der Waals surface area contributed by atoms with Gasteiger partial charge < -0.3 is 15.7 Å². The molecule has 1 aromatic carbocycles. The maximum absolute atomic E-state index is 9.70. The molecule has 0 heterocycles. The van der Waals surface area contributed by atoms with Gasteiger partial charge in [0.2, 0.25) is 0 Å². The number of aryl methyl sites for hydroxylation is 1. The number of aliphatic hydroxyl groups excluding tert-OH is 1. The number of aliphatic hydroxyl groups is 1. The molecule has 0 fully saturated rings. The summed E-state index contributed by atoms with van der Waals surface area (Å²) in [5, 5.41) is 9.70. The molecule has 0 aliphatic heterocycles. The lowest BCUT2D eigenvalue weighted by atomic mass is 10.0. The van der Waals surface area contributed by atoms with Gasteiger partial charge in [0, 0.05) is 31.9 Å². The van der Waals surface area contributed by atoms with Crippen LogP contribution in [-0.2, 0) is 0 Å². The molecule has 0 saturated carbocycles. The SMILES string of the molecule is Cc1ccc(C(O)CN)c(N(C)C)c1. The lowest BCUT2D eigenvalue weighted by molar-refractivity contribution is 0.187. The van der Waals surface area contributed by atoms with Crippen molar-refractivity contribution in [2.45, 2.75) is 13.0 Å². The van der Waals surface area contributed by atoms with Gasteiger partial charge in [-0.15, -0.1) is 0 Å². The summed E-state index contributed by atoms with van der Waals surface area (Å²) in [5.74, 6) is 0. The van der Waals surface area contributed by atoms with Gasteiger partial charge in [0.25, 0.3) is 0 Å². The Labute approximate surface area is 85.2 Å². The van der Waals surface area contributed by atoms with Crippen LogP contribution in [0.2, 0.25) is 0 Å². The van der Waals surface area contributed by atoms with Crippen molar-refractivity contribution in [1.29, 1.82) is 0 Å². The Morgan fingerprint density at radius 3 is 2.57 bits per heavy atom. The van der Waals surface area contributed by atoms with Gasteiger partial charge in [0.05, 0.1) is 6.10 Å². The zero-order chi connectivity index (χ0) is 10.7. The fourth-order valence-corrected chi connectivity index (χ4v) is 1.45. The van der Waals surface area contributed by atoms with E-state index in [1.165, 1.54) is 5.56 Å². The van der Waals surface area contributed by atoms with Crippen molar-refractivity contribution in [3.8, 4) is 0 Å². The van der Waals surface area contributed by atoms with E-state index in [-0.39, 0.29) is 6.54 Å². The molecular weight excluding hydrogens is 176 g/mol. The molecule has 0 bridgehead atoms. The first-order valence-electron chi connectivity index (χ1n) is 4.72. The molecular formula is C11H18N2O. The van der Waals surface area contributed by atoms with Crippen LogP contribution in [0, 0.1) is 6.92 Å². The third-order valence-electron chi connectivity index (χ3n) is 2.25. The highest BCUT2D eigenvalue weighted by Gasteiger charge is 2.11. The minimum Gasteiger partial charge on any atom is -0.387 e. The van der Waals surface area contributed by atoms with Gasteiger partial charge in [-0.25, -0.2) is 0 Å². The molecule has 1 unspecified atom stereocenters. The molecule has 1 rings (SSSR count). The fraction of sp³-hybridized carbons (Fsp3) is 0.455. The lowest BCUT2D eigenvalue weighted by Crippen LogP contribution is -2.17. The van der Waals surface area contributed by atoms with E-state index in [0.29, 0.717) is 0 Å². The van der Waals surface area contributed by atoms with Crippen LogP contribution in [0.1, 0.15) is 17.2 Å². The van der Waals surface area contributed by atoms with Crippen LogP contribution in [0.3, 0.4) is 0 Å². The van der Waals surface area contributed by atoms with Gasteiger partial charge in [0.1, 0.15) is 0 Å². The van der Waals surface area contributed by atoms with Gasteiger partial charge in [-0.3, -0.25) is 0 Å². The number of rotatable bonds is 3. The highest BCUT2D eigenvalue weighted by atomic mass is 16.3. The Morgan fingerprint density at radius 2 is 2.07 bits per heavy atom. The van der Waals surface area contributed by atoms with E-state index in [1.54, 1.807) is 0 Å². The third kappa shape index (κ3) is 2.25. The van der Waals surface area contributed by atoms with Crippen LogP contribution in [0.25, 0.3) is 0 Å². The minimum atomic E-state index is -0.576. The maximum Gasteiger partial charge on any atom is 0.0932 e. The predicted molar refractivity (Wildman–Crippen MR) is 59.5 cm³/mol. The average molecular weight is 194 g/mol. The van der Waals surface area contributed by atoms with E-state index in [9.17, 15) is 5.11 Å². The molecule has 14 heavy (non-hydrogen) atoms. The number of nitrogens with two attached hydrogens (primary N) is 1. The van der Waals surface area contributed by atoms with Crippen molar-refractivity contribution in [2.24, 2.45) is 5.73 Å². The van der Waals surface area contributed by atoms with E-state index in [0.717, 1.165) is 11.3 Å². The monoisotopic (exact) mass is 194 g/mol. The minimum absolute atomic E-state index is 0.254. The molecule has 0 amide bonds. The van der Waals surface area contributed by atoms with Crippen LogP contribution in [-0.4, -0.2) is 25.7 Å². The Kier molecular flexibility index (Phi) is 3.49. The topological polar surface area (TPSA) is 49.5 Å². The van der Waals surface area contributed by atoms with Gasteiger partial charge >= 0.3 is 0 Å². The maximum atomic E-state index is 9.70. The zero-order valence-corrected chi connectivity index (χ0v) is 8.99. The van der Waals surface area contributed by atoms with Crippen LogP contribution < -0.4 is 10.6 Å². The Hall–Kier alpha value is -1.06. The summed E-state index contributed by atoms with van der Waals surface area (Å²) in [7, 11) is 3.92. The van der Waals surface area contributed by atoms with Crippen molar-refractivity contribution in [1.82, 2.24) is 0 Å². The Morgan fingerprint density at radius 1 is 1.43 bits per heavy atom. The summed E-state index contributed by atoms with van der Waals surface area (Å²) in [6.45, 7) is 2.29. The Balaban J connectivity index is 3.14. The van der Waals surface area contributed by atoms with E-state index in [1.807, 2.05) is 44.1 Å². The number of benzene rings is 1. The first-order valence-corrected chi connectivity index (χ1v) is 4.72. The summed E-state index contributed by atoms with van der Waals surface area (Å²) < 4.78 is 0. The largest absolute Gasteiger partial charge is 0.387 e. The van der Waals surface area contributed by atoms with Crippen molar-refractivity contribution in [3.05, 3.63) is 29.3 Å².